The van der Waals surface area contributed by atoms with Crippen LogP contribution in [0.25, 0.3) is 0 Å². The van der Waals surface area contributed by atoms with Gasteiger partial charge in [0.05, 0.1) is 6.54 Å². The van der Waals surface area contributed by atoms with E-state index in [1.54, 1.807) is 29.9 Å². The molecule has 1 amide bonds. The summed E-state index contributed by atoms with van der Waals surface area (Å²) in [6.45, 7) is 7.42. The van der Waals surface area contributed by atoms with Crippen LogP contribution < -0.4 is 21.5 Å². The van der Waals surface area contributed by atoms with Crippen molar-refractivity contribution in [3.63, 3.8) is 0 Å². The van der Waals surface area contributed by atoms with Crippen LogP contribution in [0.1, 0.15) is 33.6 Å². The quantitative estimate of drug-likeness (QED) is 0.247. The Kier molecular flexibility index (Phi) is 11.1. The monoisotopic (exact) mass is 463 g/mol. The smallest absolute Gasteiger partial charge is 0.250 e. The maximum absolute atomic E-state index is 11.8. The number of rotatable bonds is 7. The summed E-state index contributed by atoms with van der Waals surface area (Å²) >= 11 is 0. The lowest BCUT2D eigenvalue weighted by Gasteiger charge is -2.21. The molecule has 0 unspecified atom stereocenters. The van der Waals surface area contributed by atoms with Crippen molar-refractivity contribution in [1.29, 1.82) is 0 Å². The highest BCUT2D eigenvalue weighted by Crippen LogP contribution is 1.97. The highest BCUT2D eigenvalue weighted by molar-refractivity contribution is 14.0. The Morgan fingerprint density at radius 2 is 1.92 bits per heavy atom. The number of hydrogen-bond acceptors (Lipinski definition) is 3. The first-order chi connectivity index (χ1) is 11.3. The van der Waals surface area contributed by atoms with E-state index in [0.717, 1.165) is 19.4 Å². The molecule has 0 aliphatic carbocycles. The molecule has 1 aromatic heterocycles. The number of unbranched alkanes of at least 4 members (excludes halogenated alkanes) is 1. The van der Waals surface area contributed by atoms with E-state index in [-0.39, 0.29) is 47.5 Å². The fourth-order valence-electron chi connectivity index (χ4n) is 2.11. The highest BCUT2D eigenvalue weighted by Gasteiger charge is 2.13. The average molecular weight is 463 g/mol. The molecule has 0 aliphatic rings. The highest BCUT2D eigenvalue weighted by atomic mass is 127. The van der Waals surface area contributed by atoms with Crippen molar-refractivity contribution in [2.24, 2.45) is 4.99 Å². The van der Waals surface area contributed by atoms with Gasteiger partial charge in [0.2, 0.25) is 11.5 Å². The van der Waals surface area contributed by atoms with Crippen molar-refractivity contribution in [3.05, 3.63) is 34.7 Å². The maximum atomic E-state index is 11.8. The Morgan fingerprint density at radius 3 is 2.52 bits per heavy atom. The van der Waals surface area contributed by atoms with Gasteiger partial charge in [-0.15, -0.1) is 24.0 Å². The second-order valence-corrected chi connectivity index (χ2v) is 6.59. The van der Waals surface area contributed by atoms with Gasteiger partial charge in [0.15, 0.2) is 5.96 Å². The summed E-state index contributed by atoms with van der Waals surface area (Å²) < 4.78 is 1.70. The molecular weight excluding hydrogens is 433 g/mol. The van der Waals surface area contributed by atoms with Crippen LogP contribution in [0.3, 0.4) is 0 Å². The van der Waals surface area contributed by atoms with E-state index in [1.807, 2.05) is 26.8 Å². The molecule has 1 heterocycles. The van der Waals surface area contributed by atoms with Crippen LogP contribution in [0.5, 0.6) is 0 Å². The second-order valence-electron chi connectivity index (χ2n) is 6.59. The second kappa shape index (κ2) is 11.9. The summed E-state index contributed by atoms with van der Waals surface area (Å²) in [6, 6.07) is 5.16. The number of halogens is 1. The van der Waals surface area contributed by atoms with Crippen LogP contribution in [-0.2, 0) is 11.3 Å². The molecule has 0 aliphatic heterocycles. The summed E-state index contributed by atoms with van der Waals surface area (Å²) in [4.78, 5) is 27.4. The molecule has 8 heteroatoms. The van der Waals surface area contributed by atoms with Crippen LogP contribution in [-0.4, -0.2) is 42.1 Å². The summed E-state index contributed by atoms with van der Waals surface area (Å²) in [7, 11) is 1.67. The topological polar surface area (TPSA) is 87.5 Å². The molecule has 142 valence electrons. The minimum absolute atomic E-state index is 0. The van der Waals surface area contributed by atoms with Gasteiger partial charge in [0.25, 0.3) is 0 Å². The lowest BCUT2D eigenvalue weighted by Crippen LogP contribution is -2.48. The predicted molar refractivity (Wildman–Crippen MR) is 113 cm³/mol. The van der Waals surface area contributed by atoms with E-state index >= 15 is 0 Å². The van der Waals surface area contributed by atoms with Gasteiger partial charge in [-0.05, 0) is 39.7 Å². The number of aliphatic imine (C=N–C) groups is 1. The minimum Gasteiger partial charge on any atom is -0.356 e. The SMILES string of the molecule is CN=C(NCCCCn1ccccc1=O)NCC(=O)NC(C)(C)C.I. The molecule has 3 N–H and O–H groups in total. The Balaban J connectivity index is 0.00000576. The lowest BCUT2D eigenvalue weighted by atomic mass is 10.1. The van der Waals surface area contributed by atoms with Crippen molar-refractivity contribution in [1.82, 2.24) is 20.5 Å². The van der Waals surface area contributed by atoms with Gasteiger partial charge in [0.1, 0.15) is 0 Å². The van der Waals surface area contributed by atoms with E-state index in [0.29, 0.717) is 12.5 Å². The first kappa shape index (κ1) is 23.4. The van der Waals surface area contributed by atoms with E-state index in [4.69, 9.17) is 0 Å². The zero-order valence-electron chi connectivity index (χ0n) is 15.5. The van der Waals surface area contributed by atoms with Gasteiger partial charge in [-0.2, -0.15) is 0 Å². The lowest BCUT2D eigenvalue weighted by molar-refractivity contribution is -0.121. The Labute approximate surface area is 166 Å². The number of aryl methyl sites for hydroxylation is 1. The van der Waals surface area contributed by atoms with Crippen LogP contribution in [0.2, 0.25) is 0 Å². The molecule has 1 rings (SSSR count). The van der Waals surface area contributed by atoms with Crippen LogP contribution in [0, 0.1) is 0 Å². The van der Waals surface area contributed by atoms with Gasteiger partial charge >= 0.3 is 0 Å². The number of hydrogen-bond donors (Lipinski definition) is 3. The zero-order chi connectivity index (χ0) is 18.0. The van der Waals surface area contributed by atoms with E-state index < -0.39 is 0 Å². The number of amides is 1. The van der Waals surface area contributed by atoms with Crippen LogP contribution in [0.4, 0.5) is 0 Å². The molecule has 0 bridgehead atoms. The third-order valence-corrected chi connectivity index (χ3v) is 3.17. The molecule has 0 saturated heterocycles. The molecule has 0 saturated carbocycles. The van der Waals surface area contributed by atoms with Crippen molar-refractivity contribution >= 4 is 35.8 Å². The number of pyridine rings is 1. The fourth-order valence-corrected chi connectivity index (χ4v) is 2.11. The van der Waals surface area contributed by atoms with Crippen molar-refractivity contribution in [2.75, 3.05) is 20.1 Å². The molecular formula is C17H30IN5O2. The average Bonchev–Trinajstić information content (AvgIpc) is 2.50. The molecule has 0 spiro atoms. The largest absolute Gasteiger partial charge is 0.356 e. The standard InChI is InChI=1S/C17H29N5O2.HI/c1-17(2,3)21-14(23)13-20-16(18-4)19-10-6-8-12-22-11-7-5-9-15(22)24;/h5,7,9,11H,6,8,10,12-13H2,1-4H3,(H,21,23)(H2,18,19,20);1H. The predicted octanol–water partition coefficient (Wildman–Crippen LogP) is 1.33. The molecule has 0 aromatic carbocycles. The van der Waals surface area contributed by atoms with Gasteiger partial charge < -0.3 is 20.5 Å². The number of carbonyl (C=O) groups is 1. The molecule has 25 heavy (non-hydrogen) atoms. The number of aromatic nitrogens is 1. The molecule has 0 atom stereocenters. The van der Waals surface area contributed by atoms with Crippen LogP contribution >= 0.6 is 24.0 Å². The van der Waals surface area contributed by atoms with Crippen molar-refractivity contribution in [3.8, 4) is 0 Å². The Bertz CT molecular complexity index is 608. The summed E-state index contributed by atoms with van der Waals surface area (Å²) in [5.74, 6) is 0.518. The van der Waals surface area contributed by atoms with Gasteiger partial charge in [0, 0.05) is 37.9 Å². The maximum Gasteiger partial charge on any atom is 0.250 e. The minimum atomic E-state index is -0.245. The van der Waals surface area contributed by atoms with Gasteiger partial charge in [-0.1, -0.05) is 6.07 Å². The Morgan fingerprint density at radius 1 is 1.20 bits per heavy atom. The molecule has 0 radical (unpaired) electrons. The fraction of sp³-hybridized carbons (Fsp3) is 0.588. The number of carbonyl (C=O) groups excluding carboxylic acids is 1. The number of nitrogens with one attached hydrogen (secondary N) is 3. The van der Waals surface area contributed by atoms with E-state index in [2.05, 4.69) is 20.9 Å². The molecule has 0 fully saturated rings. The van der Waals surface area contributed by atoms with E-state index in [9.17, 15) is 9.59 Å². The first-order valence-electron chi connectivity index (χ1n) is 8.23. The third-order valence-electron chi connectivity index (χ3n) is 3.17. The van der Waals surface area contributed by atoms with Crippen LogP contribution in [0.15, 0.2) is 34.2 Å². The number of guanidine groups is 1. The van der Waals surface area contributed by atoms with E-state index in [1.165, 1.54) is 0 Å². The molecule has 1 aromatic rings. The summed E-state index contributed by atoms with van der Waals surface area (Å²) in [5, 5.41) is 9.02. The third kappa shape index (κ3) is 10.8. The normalized spacial score (nSPS) is 11.4. The van der Waals surface area contributed by atoms with Gasteiger partial charge in [-0.25, -0.2) is 0 Å². The molecule has 7 nitrogen and oxygen atoms in total. The van der Waals surface area contributed by atoms with Gasteiger partial charge in [-0.3, -0.25) is 14.6 Å². The van der Waals surface area contributed by atoms with Crippen molar-refractivity contribution < 1.29 is 4.79 Å². The number of nitrogens with zero attached hydrogens (tertiary/aromatic N) is 2. The first-order valence-corrected chi connectivity index (χ1v) is 8.23. The summed E-state index contributed by atoms with van der Waals surface area (Å²) in [6.07, 6.45) is 3.58. The Hall–Kier alpha value is -1.58. The zero-order valence-corrected chi connectivity index (χ0v) is 17.8. The summed E-state index contributed by atoms with van der Waals surface area (Å²) in [5.41, 5.74) is -0.224. The van der Waals surface area contributed by atoms with Crippen molar-refractivity contribution in [2.45, 2.75) is 45.7 Å².